The SMILES string of the molecule is Cc1cccc(C)c1OCc1ccc(C(=O)Nc2cnn(Cc3cccc(F)c3)c2)cc1. The molecule has 0 fully saturated rings. The van der Waals surface area contributed by atoms with Crippen molar-refractivity contribution in [3.8, 4) is 5.75 Å². The van der Waals surface area contributed by atoms with Crippen molar-refractivity contribution in [3.05, 3.63) is 113 Å². The molecule has 162 valence electrons. The van der Waals surface area contributed by atoms with E-state index in [9.17, 15) is 9.18 Å². The summed E-state index contributed by atoms with van der Waals surface area (Å²) in [6, 6.07) is 19.7. The molecule has 0 unspecified atom stereocenters. The highest BCUT2D eigenvalue weighted by atomic mass is 19.1. The molecule has 0 saturated heterocycles. The van der Waals surface area contributed by atoms with Crippen LogP contribution >= 0.6 is 0 Å². The Labute approximate surface area is 186 Å². The van der Waals surface area contributed by atoms with Gasteiger partial charge in [-0.1, -0.05) is 42.5 Å². The first-order chi connectivity index (χ1) is 15.5. The minimum Gasteiger partial charge on any atom is -0.488 e. The Morgan fingerprint density at radius 2 is 1.72 bits per heavy atom. The Balaban J connectivity index is 1.34. The maximum atomic E-state index is 13.3. The van der Waals surface area contributed by atoms with E-state index in [4.69, 9.17) is 4.74 Å². The molecule has 1 amide bonds. The number of rotatable bonds is 7. The quantitative estimate of drug-likeness (QED) is 0.421. The zero-order chi connectivity index (χ0) is 22.5. The van der Waals surface area contributed by atoms with Crippen molar-refractivity contribution in [2.24, 2.45) is 0 Å². The number of aryl methyl sites for hydroxylation is 2. The van der Waals surface area contributed by atoms with E-state index in [1.54, 1.807) is 35.3 Å². The summed E-state index contributed by atoms with van der Waals surface area (Å²) >= 11 is 0. The molecule has 0 saturated carbocycles. The number of carbonyl (C=O) groups excluding carboxylic acids is 1. The fraction of sp³-hybridized carbons (Fsp3) is 0.154. The standard InChI is InChI=1S/C26H24FN3O2/c1-18-5-3-6-19(2)25(18)32-17-20-9-11-22(12-10-20)26(31)29-24-14-28-30(16-24)15-21-7-4-8-23(27)13-21/h3-14,16H,15,17H2,1-2H3,(H,29,31). The van der Waals surface area contributed by atoms with E-state index in [0.29, 0.717) is 24.4 Å². The zero-order valence-electron chi connectivity index (χ0n) is 18.0. The first kappa shape index (κ1) is 21.3. The lowest BCUT2D eigenvalue weighted by Crippen LogP contribution is -2.11. The van der Waals surface area contributed by atoms with Crippen LogP contribution in [0.15, 0.2) is 79.1 Å². The summed E-state index contributed by atoms with van der Waals surface area (Å²) in [5.41, 5.74) is 5.09. The van der Waals surface area contributed by atoms with Crippen molar-refractivity contribution in [1.82, 2.24) is 9.78 Å². The van der Waals surface area contributed by atoms with Crippen LogP contribution in [0.5, 0.6) is 5.75 Å². The fourth-order valence-corrected chi connectivity index (χ4v) is 3.47. The van der Waals surface area contributed by atoms with Crippen molar-refractivity contribution in [2.75, 3.05) is 5.32 Å². The molecule has 1 aromatic heterocycles. The van der Waals surface area contributed by atoms with Gasteiger partial charge in [0.15, 0.2) is 0 Å². The van der Waals surface area contributed by atoms with Gasteiger partial charge < -0.3 is 10.1 Å². The molecule has 0 aliphatic carbocycles. The van der Waals surface area contributed by atoms with Crippen molar-refractivity contribution in [1.29, 1.82) is 0 Å². The number of nitrogens with zero attached hydrogens (tertiary/aromatic N) is 2. The molecule has 0 bridgehead atoms. The number of carbonyl (C=O) groups is 1. The maximum absolute atomic E-state index is 13.3. The van der Waals surface area contributed by atoms with Crippen molar-refractivity contribution >= 4 is 11.6 Å². The van der Waals surface area contributed by atoms with Gasteiger partial charge in [0.25, 0.3) is 5.91 Å². The number of aromatic nitrogens is 2. The van der Waals surface area contributed by atoms with Crippen LogP contribution in [0.4, 0.5) is 10.1 Å². The molecule has 0 atom stereocenters. The number of para-hydroxylation sites is 1. The van der Waals surface area contributed by atoms with E-state index in [1.165, 1.54) is 12.1 Å². The van der Waals surface area contributed by atoms with E-state index in [2.05, 4.69) is 10.4 Å². The second-order valence-electron chi connectivity index (χ2n) is 7.72. The Hall–Kier alpha value is -3.93. The van der Waals surface area contributed by atoms with E-state index >= 15 is 0 Å². The summed E-state index contributed by atoms with van der Waals surface area (Å²) in [4.78, 5) is 12.6. The molecule has 6 heteroatoms. The molecular formula is C26H24FN3O2. The molecule has 0 aliphatic rings. The molecule has 0 spiro atoms. The highest BCUT2D eigenvalue weighted by Crippen LogP contribution is 2.23. The molecule has 4 rings (SSSR count). The van der Waals surface area contributed by atoms with Gasteiger partial charge in [-0.15, -0.1) is 0 Å². The summed E-state index contributed by atoms with van der Waals surface area (Å²) < 4.78 is 21.0. The maximum Gasteiger partial charge on any atom is 0.255 e. The van der Waals surface area contributed by atoms with Gasteiger partial charge in [-0.25, -0.2) is 4.39 Å². The van der Waals surface area contributed by atoms with Crippen LogP contribution in [0.1, 0.15) is 32.6 Å². The van der Waals surface area contributed by atoms with Crippen LogP contribution in [0.3, 0.4) is 0 Å². The Morgan fingerprint density at radius 3 is 2.44 bits per heavy atom. The molecule has 0 aliphatic heterocycles. The summed E-state index contributed by atoms with van der Waals surface area (Å²) in [5.74, 6) is 0.383. The summed E-state index contributed by atoms with van der Waals surface area (Å²) in [5, 5.41) is 7.07. The minimum atomic E-state index is -0.286. The number of nitrogens with one attached hydrogen (secondary N) is 1. The summed E-state index contributed by atoms with van der Waals surface area (Å²) in [7, 11) is 0. The number of amides is 1. The van der Waals surface area contributed by atoms with Crippen molar-refractivity contribution in [2.45, 2.75) is 27.0 Å². The number of hydrogen-bond acceptors (Lipinski definition) is 3. The molecule has 1 heterocycles. The van der Waals surface area contributed by atoms with Gasteiger partial charge in [0.2, 0.25) is 0 Å². The number of halogens is 1. The predicted octanol–water partition coefficient (Wildman–Crippen LogP) is 5.52. The minimum absolute atomic E-state index is 0.225. The topological polar surface area (TPSA) is 56.1 Å². The van der Waals surface area contributed by atoms with Crippen molar-refractivity contribution < 1.29 is 13.9 Å². The van der Waals surface area contributed by atoms with Crippen LogP contribution in [0.25, 0.3) is 0 Å². The van der Waals surface area contributed by atoms with Gasteiger partial charge in [0.05, 0.1) is 18.4 Å². The second kappa shape index (κ2) is 9.47. The van der Waals surface area contributed by atoms with Gasteiger partial charge in [-0.3, -0.25) is 9.48 Å². The number of hydrogen-bond donors (Lipinski definition) is 1. The lowest BCUT2D eigenvalue weighted by molar-refractivity contribution is 0.102. The first-order valence-corrected chi connectivity index (χ1v) is 10.3. The van der Waals surface area contributed by atoms with Crippen LogP contribution < -0.4 is 10.1 Å². The van der Waals surface area contributed by atoms with Crippen molar-refractivity contribution in [3.63, 3.8) is 0 Å². The van der Waals surface area contributed by atoms with Crippen LogP contribution in [-0.2, 0) is 13.2 Å². The molecule has 4 aromatic rings. The monoisotopic (exact) mass is 429 g/mol. The molecule has 32 heavy (non-hydrogen) atoms. The number of anilines is 1. The predicted molar refractivity (Wildman–Crippen MR) is 122 cm³/mol. The van der Waals surface area contributed by atoms with E-state index in [0.717, 1.165) is 28.0 Å². The molecule has 5 nitrogen and oxygen atoms in total. The van der Waals surface area contributed by atoms with E-state index in [-0.39, 0.29) is 11.7 Å². The average molecular weight is 429 g/mol. The van der Waals surface area contributed by atoms with Crippen LogP contribution in [0, 0.1) is 19.7 Å². The summed E-state index contributed by atoms with van der Waals surface area (Å²) in [6.45, 7) is 4.90. The molecule has 1 N–H and O–H groups in total. The van der Waals surface area contributed by atoms with Crippen LogP contribution in [0.2, 0.25) is 0 Å². The van der Waals surface area contributed by atoms with Gasteiger partial charge in [0, 0.05) is 11.8 Å². The third-order valence-electron chi connectivity index (χ3n) is 5.13. The fourth-order valence-electron chi connectivity index (χ4n) is 3.47. The van der Waals surface area contributed by atoms with Gasteiger partial charge in [-0.05, 0) is 60.4 Å². The van der Waals surface area contributed by atoms with Crippen LogP contribution in [-0.4, -0.2) is 15.7 Å². The highest BCUT2D eigenvalue weighted by Gasteiger charge is 2.09. The third kappa shape index (κ3) is 5.21. The first-order valence-electron chi connectivity index (χ1n) is 10.3. The number of ether oxygens (including phenoxy) is 1. The van der Waals surface area contributed by atoms with Gasteiger partial charge in [-0.2, -0.15) is 5.10 Å². The Kier molecular flexibility index (Phi) is 6.31. The Bertz CT molecular complexity index is 1210. The molecular weight excluding hydrogens is 405 g/mol. The smallest absolute Gasteiger partial charge is 0.255 e. The lowest BCUT2D eigenvalue weighted by Gasteiger charge is -2.12. The van der Waals surface area contributed by atoms with Gasteiger partial charge >= 0.3 is 0 Å². The second-order valence-corrected chi connectivity index (χ2v) is 7.72. The van der Waals surface area contributed by atoms with E-state index < -0.39 is 0 Å². The third-order valence-corrected chi connectivity index (χ3v) is 5.13. The Morgan fingerprint density at radius 1 is 1.00 bits per heavy atom. The average Bonchev–Trinajstić information content (AvgIpc) is 3.20. The molecule has 0 radical (unpaired) electrons. The normalized spacial score (nSPS) is 10.7. The largest absolute Gasteiger partial charge is 0.488 e. The lowest BCUT2D eigenvalue weighted by atomic mass is 10.1. The molecule has 3 aromatic carbocycles. The zero-order valence-corrected chi connectivity index (χ0v) is 18.0. The highest BCUT2D eigenvalue weighted by molar-refractivity contribution is 6.04. The number of benzene rings is 3. The van der Waals surface area contributed by atoms with E-state index in [1.807, 2.05) is 50.2 Å². The summed E-state index contributed by atoms with van der Waals surface area (Å²) in [6.07, 6.45) is 3.29. The van der Waals surface area contributed by atoms with Gasteiger partial charge in [0.1, 0.15) is 18.2 Å².